The quantitative estimate of drug-likeness (QED) is 0.840. The van der Waals surface area contributed by atoms with E-state index in [4.69, 9.17) is 0 Å². The number of benzene rings is 1. The predicted octanol–water partition coefficient (Wildman–Crippen LogP) is 2.85. The summed E-state index contributed by atoms with van der Waals surface area (Å²) in [5, 5.41) is 3.53. The van der Waals surface area contributed by atoms with Gasteiger partial charge >= 0.3 is 0 Å². The summed E-state index contributed by atoms with van der Waals surface area (Å²) in [6, 6.07) is 9.62. The molecule has 0 aromatic heterocycles. The molecule has 1 aromatic carbocycles. The van der Waals surface area contributed by atoms with Gasteiger partial charge in [-0.1, -0.05) is 26.0 Å². The van der Waals surface area contributed by atoms with E-state index in [9.17, 15) is 0 Å². The molecule has 2 rings (SSSR count). The molecule has 2 atom stereocenters. The van der Waals surface area contributed by atoms with Crippen molar-refractivity contribution in [2.24, 2.45) is 5.92 Å². The highest BCUT2D eigenvalue weighted by Crippen LogP contribution is 2.47. The van der Waals surface area contributed by atoms with Gasteiger partial charge in [0.05, 0.1) is 0 Å². The van der Waals surface area contributed by atoms with Crippen molar-refractivity contribution in [3.8, 4) is 0 Å². The van der Waals surface area contributed by atoms with Crippen LogP contribution in [-0.4, -0.2) is 26.7 Å². The van der Waals surface area contributed by atoms with Gasteiger partial charge in [-0.05, 0) is 42.5 Å². The Morgan fingerprint density at radius 1 is 1.24 bits per heavy atom. The number of hydrogen-bond donors (Lipinski definition) is 1. The molecule has 17 heavy (non-hydrogen) atoms. The second kappa shape index (κ2) is 5.09. The summed E-state index contributed by atoms with van der Waals surface area (Å²) in [6.07, 6.45) is 1.35. The van der Waals surface area contributed by atoms with Crippen molar-refractivity contribution in [3.05, 3.63) is 29.8 Å². The third kappa shape index (κ3) is 3.22. The van der Waals surface area contributed by atoms with E-state index >= 15 is 0 Å². The third-order valence-corrected chi connectivity index (χ3v) is 3.55. The molecule has 2 nitrogen and oxygen atoms in total. The molecular weight excluding hydrogens is 208 g/mol. The van der Waals surface area contributed by atoms with Crippen LogP contribution in [0.25, 0.3) is 0 Å². The maximum absolute atomic E-state index is 3.53. The van der Waals surface area contributed by atoms with Crippen LogP contribution < -0.4 is 10.2 Å². The summed E-state index contributed by atoms with van der Waals surface area (Å²) in [5.74, 6) is 1.64. The van der Waals surface area contributed by atoms with E-state index in [1.54, 1.807) is 0 Å². The zero-order valence-corrected chi connectivity index (χ0v) is 11.4. The predicted molar refractivity (Wildman–Crippen MR) is 74.8 cm³/mol. The second-order valence-corrected chi connectivity index (χ2v) is 5.65. The minimum absolute atomic E-state index is 0.604. The Kier molecular flexibility index (Phi) is 3.72. The molecule has 0 heterocycles. The van der Waals surface area contributed by atoms with Crippen molar-refractivity contribution in [1.82, 2.24) is 5.32 Å². The van der Waals surface area contributed by atoms with Gasteiger partial charge in [0, 0.05) is 25.8 Å². The van der Waals surface area contributed by atoms with E-state index in [0.29, 0.717) is 6.04 Å². The molecule has 1 aliphatic rings. The summed E-state index contributed by atoms with van der Waals surface area (Å²) in [7, 11) is 4.17. The molecule has 2 heteroatoms. The van der Waals surface area contributed by atoms with Crippen molar-refractivity contribution < 1.29 is 0 Å². The van der Waals surface area contributed by atoms with E-state index in [2.05, 4.69) is 62.4 Å². The van der Waals surface area contributed by atoms with Gasteiger partial charge in [0.2, 0.25) is 0 Å². The van der Waals surface area contributed by atoms with Crippen LogP contribution in [0.1, 0.15) is 31.7 Å². The summed E-state index contributed by atoms with van der Waals surface area (Å²) in [4.78, 5) is 2.15. The molecule has 2 unspecified atom stereocenters. The average Bonchev–Trinajstić information content (AvgIpc) is 3.06. The van der Waals surface area contributed by atoms with Crippen LogP contribution in [0.15, 0.2) is 24.3 Å². The first kappa shape index (κ1) is 12.4. The van der Waals surface area contributed by atoms with Gasteiger partial charge in [-0.25, -0.2) is 0 Å². The largest absolute Gasteiger partial charge is 0.378 e. The average molecular weight is 232 g/mol. The fraction of sp³-hybridized carbons (Fsp3) is 0.600. The van der Waals surface area contributed by atoms with Crippen molar-refractivity contribution in [2.45, 2.75) is 32.2 Å². The minimum atomic E-state index is 0.604. The topological polar surface area (TPSA) is 15.3 Å². The Bertz CT molecular complexity index is 354. The van der Waals surface area contributed by atoms with Crippen LogP contribution in [0.3, 0.4) is 0 Å². The summed E-state index contributed by atoms with van der Waals surface area (Å²) in [6.45, 7) is 5.59. The van der Waals surface area contributed by atoms with Crippen LogP contribution in [-0.2, 0) is 0 Å². The zero-order valence-electron chi connectivity index (χ0n) is 11.4. The molecule has 0 spiro atoms. The summed E-state index contributed by atoms with van der Waals surface area (Å²) >= 11 is 0. The lowest BCUT2D eigenvalue weighted by Gasteiger charge is -2.12. The van der Waals surface area contributed by atoms with E-state index in [-0.39, 0.29) is 0 Å². The Balaban J connectivity index is 1.88. The van der Waals surface area contributed by atoms with E-state index < -0.39 is 0 Å². The van der Waals surface area contributed by atoms with E-state index in [1.807, 2.05) is 0 Å². The Morgan fingerprint density at radius 2 is 1.88 bits per heavy atom. The first-order valence-electron chi connectivity index (χ1n) is 6.58. The molecule has 0 amide bonds. The lowest BCUT2D eigenvalue weighted by molar-refractivity contribution is 0.554. The molecule has 1 fully saturated rings. The highest BCUT2D eigenvalue weighted by Gasteiger charge is 2.37. The van der Waals surface area contributed by atoms with Gasteiger partial charge in [-0.3, -0.25) is 0 Å². The molecule has 1 aliphatic carbocycles. The standard InChI is InChI=1S/C15H24N2/c1-11(2)16-10-13-9-15(13)12-5-7-14(8-6-12)17(3)4/h5-8,11,13,15-16H,9-10H2,1-4H3. The Labute approximate surface area is 105 Å². The van der Waals surface area contributed by atoms with Gasteiger partial charge in [-0.2, -0.15) is 0 Å². The molecule has 94 valence electrons. The lowest BCUT2D eigenvalue weighted by Crippen LogP contribution is -2.25. The van der Waals surface area contributed by atoms with Crippen LogP contribution in [0, 0.1) is 5.92 Å². The van der Waals surface area contributed by atoms with E-state index in [0.717, 1.165) is 18.4 Å². The minimum Gasteiger partial charge on any atom is -0.378 e. The van der Waals surface area contributed by atoms with Crippen molar-refractivity contribution in [1.29, 1.82) is 0 Å². The molecule has 0 saturated heterocycles. The Morgan fingerprint density at radius 3 is 2.41 bits per heavy atom. The normalized spacial score (nSPS) is 22.9. The Hall–Kier alpha value is -1.02. The first-order valence-corrected chi connectivity index (χ1v) is 6.58. The highest BCUT2D eigenvalue weighted by atomic mass is 15.1. The summed E-state index contributed by atoms with van der Waals surface area (Å²) < 4.78 is 0. The molecule has 0 aliphatic heterocycles. The van der Waals surface area contributed by atoms with Crippen molar-refractivity contribution >= 4 is 5.69 Å². The monoisotopic (exact) mass is 232 g/mol. The fourth-order valence-electron chi connectivity index (χ4n) is 2.29. The SMILES string of the molecule is CC(C)NCC1CC1c1ccc(N(C)C)cc1. The first-order chi connectivity index (χ1) is 8.08. The van der Waals surface area contributed by atoms with Gasteiger partial charge in [0.1, 0.15) is 0 Å². The lowest BCUT2D eigenvalue weighted by atomic mass is 10.1. The molecule has 0 radical (unpaired) electrons. The maximum atomic E-state index is 3.53. The van der Waals surface area contributed by atoms with Gasteiger partial charge in [0.25, 0.3) is 0 Å². The molecular formula is C15H24N2. The van der Waals surface area contributed by atoms with Crippen LogP contribution in [0.4, 0.5) is 5.69 Å². The number of hydrogen-bond acceptors (Lipinski definition) is 2. The fourth-order valence-corrected chi connectivity index (χ4v) is 2.29. The third-order valence-electron chi connectivity index (χ3n) is 3.55. The molecule has 0 bridgehead atoms. The number of rotatable bonds is 5. The summed E-state index contributed by atoms with van der Waals surface area (Å²) in [5.41, 5.74) is 2.79. The smallest absolute Gasteiger partial charge is 0.0361 e. The molecule has 1 N–H and O–H groups in total. The van der Waals surface area contributed by atoms with Crippen LogP contribution >= 0.6 is 0 Å². The number of anilines is 1. The highest BCUT2D eigenvalue weighted by molar-refractivity contribution is 5.47. The number of nitrogens with one attached hydrogen (secondary N) is 1. The van der Waals surface area contributed by atoms with E-state index in [1.165, 1.54) is 17.7 Å². The second-order valence-electron chi connectivity index (χ2n) is 5.65. The number of nitrogens with zero attached hydrogens (tertiary/aromatic N) is 1. The molecule has 1 aromatic rings. The van der Waals surface area contributed by atoms with Gasteiger partial charge in [0.15, 0.2) is 0 Å². The zero-order chi connectivity index (χ0) is 12.4. The maximum Gasteiger partial charge on any atom is 0.0361 e. The van der Waals surface area contributed by atoms with Crippen molar-refractivity contribution in [2.75, 3.05) is 25.5 Å². The van der Waals surface area contributed by atoms with Crippen LogP contribution in [0.5, 0.6) is 0 Å². The van der Waals surface area contributed by atoms with Crippen LogP contribution in [0.2, 0.25) is 0 Å². The van der Waals surface area contributed by atoms with Gasteiger partial charge < -0.3 is 10.2 Å². The molecule has 1 saturated carbocycles. The van der Waals surface area contributed by atoms with Crippen molar-refractivity contribution in [3.63, 3.8) is 0 Å². The van der Waals surface area contributed by atoms with Gasteiger partial charge in [-0.15, -0.1) is 0 Å².